The topological polar surface area (TPSA) is 209 Å². The Morgan fingerprint density at radius 2 is 0.863 bits per heavy atom. The van der Waals surface area contributed by atoms with Crippen LogP contribution in [-0.4, -0.2) is 174 Å². The van der Waals surface area contributed by atoms with E-state index in [0.29, 0.717) is 32.0 Å². The van der Waals surface area contributed by atoms with Gasteiger partial charge in [-0.1, -0.05) is 164 Å². The first-order valence-corrected chi connectivity index (χ1v) is 24.0. The van der Waals surface area contributed by atoms with Crippen LogP contribution < -0.4 is 0 Å². The predicted molar refractivity (Wildman–Crippen MR) is 312 cm³/mol. The molecule has 0 heterocycles. The number of ether oxygens (including phenoxy) is 11. The normalized spacial score (nSPS) is 12.0. The van der Waals surface area contributed by atoms with Crippen LogP contribution in [0.5, 0.6) is 0 Å². The minimum atomic E-state index is -6.67. The van der Waals surface area contributed by atoms with Crippen molar-refractivity contribution in [2.45, 2.75) is 154 Å². The van der Waals surface area contributed by atoms with Crippen LogP contribution in [0.3, 0.4) is 0 Å². The van der Waals surface area contributed by atoms with E-state index < -0.39 is 128 Å². The minimum Gasteiger partial charge on any atom is -0.394 e. The summed E-state index contributed by atoms with van der Waals surface area (Å²) < 4.78 is 288. The molecule has 0 saturated heterocycles. The van der Waals surface area contributed by atoms with Crippen molar-refractivity contribution < 1.29 is 170 Å². The lowest BCUT2D eigenvalue weighted by Crippen LogP contribution is -2.54. The van der Waals surface area contributed by atoms with Gasteiger partial charge in [-0.05, 0) is 40.6 Å². The van der Waals surface area contributed by atoms with Crippen molar-refractivity contribution in [1.82, 2.24) is 0 Å². The molecule has 0 aliphatic heterocycles. The summed E-state index contributed by atoms with van der Waals surface area (Å²) in [5.41, 5.74) is 4.77. The number of benzene rings is 3. The smallest absolute Gasteiger partial charge is 0.394 e. The number of rotatable bonds is 38. The minimum absolute atomic E-state index is 0. The monoisotopic (exact) mass is 1440 g/mol. The lowest BCUT2D eigenvalue weighted by atomic mass is 10.1. The van der Waals surface area contributed by atoms with E-state index in [0.717, 1.165) is 22.3 Å². The maximum atomic E-state index is 13.3. The second kappa shape index (κ2) is 55.7. The average Bonchev–Trinajstić information content (AvgIpc) is 0.807. The molecule has 4 N–H and O–H groups in total. The lowest BCUT2D eigenvalue weighted by molar-refractivity contribution is -0.566. The third-order valence-corrected chi connectivity index (χ3v) is 8.79. The molecule has 0 aliphatic carbocycles. The number of Topliss-reactive ketones (excluding diaryl/α,β-unsaturated/α-hetero) is 1. The van der Waals surface area contributed by atoms with Gasteiger partial charge in [-0.3, -0.25) is 9.53 Å². The second-order valence-corrected chi connectivity index (χ2v) is 15.8. The van der Waals surface area contributed by atoms with E-state index in [1.54, 1.807) is 24.3 Å². The number of aliphatic hydroxyl groups excluding tert-OH is 4. The number of ketones is 1. The molecular weight excluding hydrogens is 1350 g/mol. The van der Waals surface area contributed by atoms with Gasteiger partial charge >= 0.3 is 49.2 Å². The lowest BCUT2D eigenvalue weighted by Gasteiger charge is -2.31. The molecule has 3 aromatic rings. The van der Waals surface area contributed by atoms with Gasteiger partial charge in [0.05, 0.1) is 46.2 Å². The first-order chi connectivity index (χ1) is 40.4. The molecule has 566 valence electrons. The summed E-state index contributed by atoms with van der Waals surface area (Å²) in [7, 11) is 0. The third-order valence-electron chi connectivity index (χ3n) is 8.79. The molecule has 0 bridgehead atoms. The number of hydrogen-bond donors (Lipinski definition) is 4. The van der Waals surface area contributed by atoms with E-state index >= 15 is 0 Å². The number of carbonyl (C=O) groups is 1. The molecule has 95 heavy (non-hydrogen) atoms. The molecule has 3 aromatic carbocycles. The maximum Gasteiger partial charge on any atom is 0.495 e. The summed E-state index contributed by atoms with van der Waals surface area (Å²) in [6.07, 6.45) is -48.0. The number of halogens is 20. The highest BCUT2D eigenvalue weighted by atomic mass is 19.4. The van der Waals surface area contributed by atoms with Crippen LogP contribution in [0, 0.1) is 0 Å². The Morgan fingerprint density at radius 3 is 1.21 bits per heavy atom. The van der Waals surface area contributed by atoms with Crippen molar-refractivity contribution in [3.05, 3.63) is 120 Å². The van der Waals surface area contributed by atoms with Crippen LogP contribution in [0.15, 0.2) is 92.0 Å². The number of aliphatic hydroxyl groups is 4. The van der Waals surface area contributed by atoms with Gasteiger partial charge in [0.1, 0.15) is 32.1 Å². The highest BCUT2D eigenvalue weighted by Crippen LogP contribution is 2.45. The molecule has 0 fully saturated rings. The highest BCUT2D eigenvalue weighted by molar-refractivity contribution is 5.98. The van der Waals surface area contributed by atoms with E-state index in [1.165, 1.54) is 4.94 Å². The molecular formula is C58H92F20O17. The molecule has 2 atom stereocenters. The fourth-order valence-electron chi connectivity index (χ4n) is 4.93. The average molecular weight is 1440 g/mol. The van der Waals surface area contributed by atoms with Crippen molar-refractivity contribution in [3.63, 3.8) is 0 Å². The van der Waals surface area contributed by atoms with E-state index in [-0.39, 0.29) is 71.8 Å². The van der Waals surface area contributed by atoms with Gasteiger partial charge in [0.15, 0.2) is 13.7 Å². The fourth-order valence-corrected chi connectivity index (χ4v) is 4.93. The summed E-state index contributed by atoms with van der Waals surface area (Å²) in [5, 5.41) is 34.3. The Hall–Kier alpha value is -5.23. The van der Waals surface area contributed by atoms with Crippen LogP contribution in [-0.2, 0) is 70.3 Å². The zero-order valence-electron chi connectivity index (χ0n) is 45.4. The first-order valence-electron chi connectivity index (χ1n) is 24.0. The Bertz CT molecular complexity index is 2280. The Kier molecular flexibility index (Phi) is 65.2. The summed E-state index contributed by atoms with van der Waals surface area (Å²) >= 11 is 0. The van der Waals surface area contributed by atoms with E-state index in [9.17, 15) is 92.7 Å². The molecule has 0 aromatic heterocycles. The Balaban J connectivity index is -0.000000123. The van der Waals surface area contributed by atoms with Crippen LogP contribution in [0.2, 0.25) is 0 Å². The van der Waals surface area contributed by atoms with Gasteiger partial charge in [-0.2, -0.15) is 52.7 Å². The largest absolute Gasteiger partial charge is 0.495 e. The predicted octanol–water partition coefficient (Wildman–Crippen LogP) is 16.2. The quantitative estimate of drug-likeness (QED) is 0.0182. The SMILES string of the molecule is C.C.C.C.C.C.C.C.C=Cc1ccc(COCCF)cc1.C=Cc1ccc(COCF)cc1.CCOC(OCC)C(=O)c1ccccc1.FCOC(F)(F)OC(F)(F)C(F)(F)OF.OCC(O)COCC(F)(F)OC(F)(F)OC(F)(F)C(F)(F)OC(F)(F)COCC(O)CO. The maximum absolute atomic E-state index is 13.3. The number of alkyl halides is 19. The van der Waals surface area contributed by atoms with Crippen LogP contribution in [0.1, 0.15) is 106 Å². The molecule has 0 spiro atoms. The molecule has 0 aliphatic rings. The summed E-state index contributed by atoms with van der Waals surface area (Å²) in [6, 6.07) is 24.5. The van der Waals surface area contributed by atoms with Gasteiger partial charge in [0.2, 0.25) is 12.1 Å². The second-order valence-electron chi connectivity index (χ2n) is 15.8. The van der Waals surface area contributed by atoms with Crippen molar-refractivity contribution in [3.8, 4) is 0 Å². The van der Waals surface area contributed by atoms with Crippen LogP contribution in [0.4, 0.5) is 87.9 Å². The van der Waals surface area contributed by atoms with Crippen molar-refractivity contribution in [2.75, 3.05) is 79.9 Å². The zero-order chi connectivity index (χ0) is 67.2. The standard InChI is InChI=1S/C13H18F10O9.C12H16O3.C11H13FO.C10H11FO.C4H2F8O3.8CH4/c14-9(15,5-28-3-7(26)1-24)30-11(18,19)12(20,21)32-13(22,23)31-10(16,17)6-29-4-8(27)2-25;1-3-14-12(15-4-2)11(13)10-8-6-5-7-9-10;1-2-10-3-5-11(6-4-10)9-13-8-7-12;1-2-9-3-5-10(6-4-9)7-12-8-11;5-1-13-4(10,11)14-2(6,7)3(8,9)15-12;;;;;;;;/h7-8,24-27H,1-6H2;5-9,12H,3-4H2,1-2H3;2-6H,1,7-9H2;2-6H,1,7-8H2;1H2;8*1H4. The van der Waals surface area contributed by atoms with E-state index in [4.69, 9.17) is 34.6 Å². The van der Waals surface area contributed by atoms with Crippen molar-refractivity contribution >= 4 is 17.9 Å². The van der Waals surface area contributed by atoms with Crippen LogP contribution in [0.25, 0.3) is 12.2 Å². The molecule has 37 heteroatoms. The zero-order valence-corrected chi connectivity index (χ0v) is 45.4. The number of hydrogen-bond acceptors (Lipinski definition) is 17. The van der Waals surface area contributed by atoms with Crippen molar-refractivity contribution in [1.29, 1.82) is 0 Å². The summed E-state index contributed by atoms with van der Waals surface area (Å²) in [6.45, 7) is 0.872. The fraction of sp³-hybridized carbons (Fsp3) is 0.603. The number of carbonyl (C=O) groups excluding carboxylic acids is 1. The third kappa shape index (κ3) is 49.0. The van der Waals surface area contributed by atoms with Gasteiger partial charge < -0.3 is 48.8 Å². The molecule has 3 rings (SSSR count). The van der Waals surface area contributed by atoms with Crippen LogP contribution >= 0.6 is 0 Å². The Labute approximate surface area is 541 Å². The van der Waals surface area contributed by atoms with Gasteiger partial charge in [-0.25, -0.2) is 32.1 Å². The molecule has 17 nitrogen and oxygen atoms in total. The van der Waals surface area contributed by atoms with Gasteiger partial charge in [-0.15, -0.1) is 22.5 Å². The molecule has 0 radical (unpaired) electrons. The highest BCUT2D eigenvalue weighted by Gasteiger charge is 2.69. The first kappa shape index (κ1) is 111. The Morgan fingerprint density at radius 1 is 0.495 bits per heavy atom. The molecule has 0 saturated carbocycles. The van der Waals surface area contributed by atoms with Crippen molar-refractivity contribution in [2.24, 2.45) is 0 Å². The molecule has 2 unspecified atom stereocenters. The van der Waals surface area contributed by atoms with Gasteiger partial charge in [0.25, 0.3) is 0 Å². The van der Waals surface area contributed by atoms with E-state index in [1.807, 2.05) is 80.6 Å². The van der Waals surface area contributed by atoms with E-state index in [2.05, 4.69) is 51.1 Å². The van der Waals surface area contributed by atoms with Gasteiger partial charge in [0, 0.05) is 18.8 Å². The summed E-state index contributed by atoms with van der Waals surface area (Å²) in [4.78, 5) is 13.3. The summed E-state index contributed by atoms with van der Waals surface area (Å²) in [5.74, 6) is -0.126. The molecule has 0 amide bonds.